The largest absolute Gasteiger partial charge is 0.408 e. The zero-order valence-corrected chi connectivity index (χ0v) is 19.9. The summed E-state index contributed by atoms with van der Waals surface area (Å²) in [5, 5.41) is 1.39. The van der Waals surface area contributed by atoms with Gasteiger partial charge in [0, 0.05) is 24.9 Å². The van der Waals surface area contributed by atoms with Crippen LogP contribution in [0.2, 0.25) is 0 Å². The van der Waals surface area contributed by atoms with Gasteiger partial charge in [-0.1, -0.05) is 11.0 Å². The van der Waals surface area contributed by atoms with Crippen LogP contribution in [0.4, 0.5) is 32.2 Å². The van der Waals surface area contributed by atoms with Gasteiger partial charge in [-0.2, -0.15) is 17.9 Å². The van der Waals surface area contributed by atoms with Crippen LogP contribution < -0.4 is 19.8 Å². The summed E-state index contributed by atoms with van der Waals surface area (Å²) in [6.45, 7) is 0.210. The maximum absolute atomic E-state index is 14.8. The third-order valence-electron chi connectivity index (χ3n) is 6.21. The molecule has 0 spiro atoms. The number of halogens is 6. The molecule has 1 aromatic carbocycles. The van der Waals surface area contributed by atoms with Gasteiger partial charge in [0.05, 0.1) is 11.9 Å². The van der Waals surface area contributed by atoms with Crippen LogP contribution in [-0.4, -0.2) is 49.9 Å². The lowest BCUT2D eigenvalue weighted by atomic mass is 10.1. The van der Waals surface area contributed by atoms with Gasteiger partial charge >= 0.3 is 6.18 Å². The summed E-state index contributed by atoms with van der Waals surface area (Å²) in [6, 6.07) is 0.699. The minimum atomic E-state index is -4.80. The molecule has 9 nitrogen and oxygen atoms in total. The predicted molar refractivity (Wildman–Crippen MR) is 125 cm³/mol. The van der Waals surface area contributed by atoms with Crippen molar-refractivity contribution < 1.29 is 40.2 Å². The molecule has 1 amide bonds. The van der Waals surface area contributed by atoms with Gasteiger partial charge in [0.2, 0.25) is 5.43 Å². The number of amides is 1. The number of aromatic nitrogens is 2. The van der Waals surface area contributed by atoms with E-state index < -0.39 is 80.2 Å². The zero-order valence-electron chi connectivity index (χ0n) is 19.1. The number of pyridine rings is 2. The molecule has 204 valence electrons. The summed E-state index contributed by atoms with van der Waals surface area (Å²) >= 11 is 0. The minimum Gasteiger partial charge on any atom is -0.340 e. The van der Waals surface area contributed by atoms with Gasteiger partial charge in [0.15, 0.2) is 17.3 Å². The van der Waals surface area contributed by atoms with E-state index in [1.165, 1.54) is 6.07 Å². The highest BCUT2D eigenvalue weighted by Gasteiger charge is 2.50. The normalized spacial score (nSPS) is 19.0. The summed E-state index contributed by atoms with van der Waals surface area (Å²) < 4.78 is 108. The third-order valence-corrected chi connectivity index (χ3v) is 7.79. The number of carbonyl (C=O) groups excluding carboxylic acids is 1. The molecular weight excluding hydrogens is 544 g/mol. The summed E-state index contributed by atoms with van der Waals surface area (Å²) in [7, 11) is -3.50. The Morgan fingerprint density at radius 3 is 2.37 bits per heavy atom. The monoisotopic (exact) mass is 563 g/mol. The Labute approximate surface area is 211 Å². The second-order valence-electron chi connectivity index (χ2n) is 8.85. The molecule has 3 aromatic rings. The van der Waals surface area contributed by atoms with Crippen molar-refractivity contribution >= 4 is 33.7 Å². The Kier molecular flexibility index (Phi) is 6.32. The molecule has 1 atom stereocenters. The molecule has 0 unspecified atom stereocenters. The van der Waals surface area contributed by atoms with E-state index in [0.29, 0.717) is 22.9 Å². The van der Waals surface area contributed by atoms with Gasteiger partial charge in [-0.05, 0) is 30.9 Å². The number of rotatable bonds is 5. The number of anilines is 1. The van der Waals surface area contributed by atoms with Crippen LogP contribution in [0.3, 0.4) is 0 Å². The fourth-order valence-electron chi connectivity index (χ4n) is 4.28. The van der Waals surface area contributed by atoms with E-state index in [4.69, 9.17) is 0 Å². The van der Waals surface area contributed by atoms with Crippen LogP contribution >= 0.6 is 11.0 Å². The highest BCUT2D eigenvalue weighted by atomic mass is 32.3. The molecular formula is C22H19F6N5O4S. The molecule has 5 rings (SSSR count). The SMILES string of the molecule is O=C(N[C@@H](C1CC1)C(F)(F)F)c1cn(-c2c(F)cc(F)cc2F)c2nc(N3CCNS3(O)O)ccc2c1=O. The molecule has 3 heterocycles. The lowest BCUT2D eigenvalue weighted by Crippen LogP contribution is -2.48. The zero-order chi connectivity index (χ0) is 27.6. The molecule has 0 radical (unpaired) electrons. The maximum Gasteiger partial charge on any atom is 0.408 e. The average molecular weight is 563 g/mol. The molecule has 38 heavy (non-hydrogen) atoms. The summed E-state index contributed by atoms with van der Waals surface area (Å²) in [5.41, 5.74) is -3.38. The van der Waals surface area contributed by atoms with Crippen molar-refractivity contribution in [3.63, 3.8) is 0 Å². The fraction of sp³-hybridized carbons (Fsp3) is 0.318. The molecule has 1 aliphatic carbocycles. The third kappa shape index (κ3) is 4.68. The van der Waals surface area contributed by atoms with Gasteiger partial charge in [-0.15, -0.1) is 0 Å². The summed E-state index contributed by atoms with van der Waals surface area (Å²) in [4.78, 5) is 30.2. The molecule has 2 fully saturated rings. The van der Waals surface area contributed by atoms with Crippen molar-refractivity contribution in [2.75, 3.05) is 17.4 Å². The Balaban J connectivity index is 1.71. The Morgan fingerprint density at radius 2 is 1.82 bits per heavy atom. The molecule has 2 aliphatic rings. The second-order valence-corrected chi connectivity index (χ2v) is 10.6. The molecule has 1 saturated carbocycles. The fourth-order valence-corrected chi connectivity index (χ4v) is 5.51. The number of nitrogens with zero attached hydrogens (tertiary/aromatic N) is 3. The van der Waals surface area contributed by atoms with Gasteiger partial charge in [0.25, 0.3) is 5.91 Å². The number of benzene rings is 1. The van der Waals surface area contributed by atoms with Crippen LogP contribution in [0.1, 0.15) is 23.2 Å². The molecule has 1 saturated heterocycles. The van der Waals surface area contributed by atoms with Gasteiger partial charge < -0.3 is 5.32 Å². The first-order chi connectivity index (χ1) is 17.8. The molecule has 2 aromatic heterocycles. The van der Waals surface area contributed by atoms with Gasteiger partial charge in [-0.25, -0.2) is 22.5 Å². The highest BCUT2D eigenvalue weighted by molar-refractivity contribution is 8.24. The van der Waals surface area contributed by atoms with Crippen molar-refractivity contribution in [2.45, 2.75) is 25.1 Å². The lowest BCUT2D eigenvalue weighted by Gasteiger charge is -2.36. The Hall–Kier alpha value is -3.34. The number of nitrogens with one attached hydrogen (secondary N) is 2. The van der Waals surface area contributed by atoms with Crippen LogP contribution in [0.15, 0.2) is 35.3 Å². The van der Waals surface area contributed by atoms with E-state index in [1.54, 1.807) is 5.32 Å². The van der Waals surface area contributed by atoms with Crippen LogP contribution in [-0.2, 0) is 0 Å². The first kappa shape index (κ1) is 26.3. The van der Waals surface area contributed by atoms with E-state index >= 15 is 0 Å². The first-order valence-electron chi connectivity index (χ1n) is 11.2. The Bertz CT molecular complexity index is 1490. The topological polar surface area (TPSA) is 120 Å². The highest BCUT2D eigenvalue weighted by Crippen LogP contribution is 2.45. The number of fused-ring (bicyclic) bond motifs is 1. The van der Waals surface area contributed by atoms with Crippen LogP contribution in [0.25, 0.3) is 16.7 Å². The smallest absolute Gasteiger partial charge is 0.340 e. The van der Waals surface area contributed by atoms with Gasteiger partial charge in [0.1, 0.15) is 28.9 Å². The average Bonchev–Trinajstić information content (AvgIpc) is 3.58. The number of hydrogen-bond acceptors (Lipinski definition) is 7. The standard InChI is InChI=1S/C22H19F6N5O4S/c23-11-7-14(24)17(15(25)8-11)32-9-13(21(35)31-19(10-1-2-10)22(26,27)28)18(34)12-3-4-16(30-20(12)32)33-6-5-29-38(33,36)37/h3-4,7-10,19,29,36-37H,1-2,5-6H2,(H,31,35)/t19-/m0/s1. The maximum atomic E-state index is 14.8. The quantitative estimate of drug-likeness (QED) is 0.348. The lowest BCUT2D eigenvalue weighted by molar-refractivity contribution is -0.158. The van der Waals surface area contributed by atoms with Crippen molar-refractivity contribution in [1.29, 1.82) is 0 Å². The first-order valence-corrected chi connectivity index (χ1v) is 12.7. The predicted octanol–water partition coefficient (Wildman–Crippen LogP) is 3.86. The summed E-state index contributed by atoms with van der Waals surface area (Å²) in [6.07, 6.45) is -3.74. The van der Waals surface area contributed by atoms with E-state index in [1.807, 2.05) is 0 Å². The van der Waals surface area contributed by atoms with Crippen LogP contribution in [0, 0.1) is 23.4 Å². The molecule has 16 heteroatoms. The second kappa shape index (κ2) is 9.14. The van der Waals surface area contributed by atoms with Crippen LogP contribution in [0.5, 0.6) is 0 Å². The van der Waals surface area contributed by atoms with E-state index in [2.05, 4.69) is 9.71 Å². The summed E-state index contributed by atoms with van der Waals surface area (Å²) in [5.74, 6) is -6.60. The number of alkyl halides is 3. The van der Waals surface area contributed by atoms with Crippen molar-refractivity contribution in [2.24, 2.45) is 5.92 Å². The van der Waals surface area contributed by atoms with Gasteiger partial charge in [-0.3, -0.25) is 23.3 Å². The minimum absolute atomic E-state index is 0.0603. The molecule has 1 aliphatic heterocycles. The van der Waals surface area contributed by atoms with Crippen molar-refractivity contribution in [3.8, 4) is 5.69 Å². The van der Waals surface area contributed by atoms with E-state index in [9.17, 15) is 45.0 Å². The number of carbonyl (C=O) groups is 1. The Morgan fingerprint density at radius 1 is 1.16 bits per heavy atom. The van der Waals surface area contributed by atoms with E-state index in [-0.39, 0.29) is 31.7 Å². The molecule has 0 bridgehead atoms. The van der Waals surface area contributed by atoms with E-state index in [0.717, 1.165) is 10.4 Å². The number of hydrogen-bond donors (Lipinski definition) is 4. The van der Waals surface area contributed by atoms with Crippen molar-refractivity contribution in [1.82, 2.24) is 19.6 Å². The molecule has 4 N–H and O–H groups in total. The van der Waals surface area contributed by atoms with Crippen molar-refractivity contribution in [3.05, 3.63) is 63.7 Å².